The lowest BCUT2D eigenvalue weighted by Crippen LogP contribution is -2.54. The van der Waals surface area contributed by atoms with E-state index in [4.69, 9.17) is 9.47 Å². The maximum Gasteiger partial charge on any atom is 0.410 e. The van der Waals surface area contributed by atoms with Crippen molar-refractivity contribution in [3.63, 3.8) is 0 Å². The monoisotopic (exact) mass is 562 g/mol. The second kappa shape index (κ2) is 11.3. The van der Waals surface area contributed by atoms with E-state index in [-0.39, 0.29) is 42.4 Å². The maximum absolute atomic E-state index is 13.2. The van der Waals surface area contributed by atoms with E-state index in [0.717, 1.165) is 35.7 Å². The topological polar surface area (TPSA) is 126 Å². The Labute approximate surface area is 238 Å². The van der Waals surface area contributed by atoms with E-state index in [1.807, 2.05) is 45.0 Å². The van der Waals surface area contributed by atoms with Crippen molar-refractivity contribution in [2.75, 3.05) is 26.2 Å². The second-order valence-electron chi connectivity index (χ2n) is 11.5. The van der Waals surface area contributed by atoms with Crippen molar-refractivity contribution in [3.05, 3.63) is 64.7 Å². The quantitative estimate of drug-likeness (QED) is 0.533. The molecule has 2 saturated heterocycles. The van der Waals surface area contributed by atoms with Crippen LogP contribution < -0.4 is 10.1 Å². The van der Waals surface area contributed by atoms with E-state index < -0.39 is 35.3 Å². The molecule has 2 aromatic carbocycles. The number of nitrogens with one attached hydrogen (secondary N) is 1. The molecule has 0 saturated carbocycles. The van der Waals surface area contributed by atoms with Crippen molar-refractivity contribution in [3.8, 4) is 5.75 Å². The molecule has 0 aromatic heterocycles. The fraction of sp³-hybridized carbons (Fsp3) is 0.433. The Morgan fingerprint density at radius 1 is 0.927 bits per heavy atom. The number of imide groups is 2. The zero-order valence-electron chi connectivity index (χ0n) is 23.5. The minimum absolute atomic E-state index is 0.0610. The van der Waals surface area contributed by atoms with Gasteiger partial charge in [-0.1, -0.05) is 30.3 Å². The third kappa shape index (κ3) is 6.25. The van der Waals surface area contributed by atoms with Crippen LogP contribution in [0, 0.1) is 0 Å². The lowest BCUT2D eigenvalue weighted by Gasteiger charge is -2.35. The molecule has 0 bridgehead atoms. The average Bonchev–Trinajstić information content (AvgIpc) is 3.18. The lowest BCUT2D eigenvalue weighted by molar-refractivity contribution is -0.136. The van der Waals surface area contributed by atoms with Crippen LogP contribution in [0.2, 0.25) is 0 Å². The van der Waals surface area contributed by atoms with Crippen LogP contribution in [-0.2, 0) is 27.5 Å². The number of ether oxygens (including phenoxy) is 2. The van der Waals surface area contributed by atoms with E-state index in [9.17, 15) is 24.0 Å². The smallest absolute Gasteiger partial charge is 0.410 e. The molecule has 1 unspecified atom stereocenters. The van der Waals surface area contributed by atoms with E-state index in [2.05, 4.69) is 10.2 Å². The van der Waals surface area contributed by atoms with Crippen molar-refractivity contribution >= 4 is 29.7 Å². The van der Waals surface area contributed by atoms with Gasteiger partial charge < -0.3 is 14.4 Å². The number of amides is 5. The van der Waals surface area contributed by atoms with E-state index in [1.165, 1.54) is 6.07 Å². The number of hydrogen-bond donors (Lipinski definition) is 1. The number of piperidine rings is 1. The fourth-order valence-corrected chi connectivity index (χ4v) is 5.18. The molecule has 11 nitrogen and oxygen atoms in total. The molecule has 0 radical (unpaired) electrons. The molecule has 2 aromatic rings. The third-order valence-electron chi connectivity index (χ3n) is 7.28. The standard InChI is InChI=1S/C30H34N4O7/c1-30(2,3)41-29(39)33-15-13-32(14-16-33)17-19-7-9-20(10-8-19)18-40-23-6-4-5-21-25(23)28(38)34(27(21)37)22-11-12-24(35)31-26(22)36/h4-10,22H,11-18H2,1-3H3,(H,31,35,36). The Morgan fingerprint density at radius 3 is 2.27 bits per heavy atom. The number of carbonyl (C=O) groups excluding carboxylic acids is 5. The molecule has 3 aliphatic heterocycles. The molecule has 2 fully saturated rings. The van der Waals surface area contributed by atoms with E-state index >= 15 is 0 Å². The van der Waals surface area contributed by atoms with Crippen LogP contribution in [-0.4, -0.2) is 82.2 Å². The zero-order valence-corrected chi connectivity index (χ0v) is 23.5. The summed E-state index contributed by atoms with van der Waals surface area (Å²) in [5.74, 6) is -1.97. The summed E-state index contributed by atoms with van der Waals surface area (Å²) in [6, 6.07) is 11.7. The number of carbonyl (C=O) groups is 5. The Bertz CT molecular complexity index is 1370. The zero-order chi connectivity index (χ0) is 29.3. The molecule has 216 valence electrons. The molecular formula is C30H34N4O7. The number of rotatable bonds is 6. The van der Waals surface area contributed by atoms with E-state index in [0.29, 0.717) is 13.1 Å². The predicted molar refractivity (Wildman–Crippen MR) is 147 cm³/mol. The van der Waals surface area contributed by atoms with Gasteiger partial charge in [0.15, 0.2) is 0 Å². The Balaban J connectivity index is 1.16. The van der Waals surface area contributed by atoms with Crippen molar-refractivity contribution in [1.82, 2.24) is 20.0 Å². The van der Waals surface area contributed by atoms with Gasteiger partial charge in [-0.05, 0) is 50.5 Å². The first-order chi connectivity index (χ1) is 19.5. The normalized spacial score (nSPS) is 19.7. The number of benzene rings is 2. The fourth-order valence-electron chi connectivity index (χ4n) is 5.18. The summed E-state index contributed by atoms with van der Waals surface area (Å²) in [6.45, 7) is 9.26. The first kappa shape index (κ1) is 28.3. The number of hydrogen-bond acceptors (Lipinski definition) is 8. The highest BCUT2D eigenvalue weighted by Gasteiger charge is 2.46. The first-order valence-electron chi connectivity index (χ1n) is 13.8. The Kier molecular flexibility index (Phi) is 7.81. The maximum atomic E-state index is 13.2. The molecule has 5 rings (SSSR count). The average molecular weight is 563 g/mol. The van der Waals surface area contributed by atoms with Gasteiger partial charge in [-0.15, -0.1) is 0 Å². The largest absolute Gasteiger partial charge is 0.488 e. The van der Waals surface area contributed by atoms with Crippen LogP contribution in [0.1, 0.15) is 65.5 Å². The summed E-state index contributed by atoms with van der Waals surface area (Å²) in [6.07, 6.45) is -0.121. The van der Waals surface area contributed by atoms with Gasteiger partial charge >= 0.3 is 6.09 Å². The SMILES string of the molecule is CC(C)(C)OC(=O)N1CCN(Cc2ccc(COc3cccc4c3C(=O)N(C3CCC(=O)NC3=O)C4=O)cc2)CC1. The van der Waals surface area contributed by atoms with Gasteiger partial charge in [0.25, 0.3) is 11.8 Å². The summed E-state index contributed by atoms with van der Waals surface area (Å²) in [5.41, 5.74) is 1.81. The molecule has 0 aliphatic carbocycles. The molecule has 5 amide bonds. The number of piperazine rings is 1. The molecule has 11 heteroatoms. The second-order valence-corrected chi connectivity index (χ2v) is 11.5. The summed E-state index contributed by atoms with van der Waals surface area (Å²) in [5, 5.41) is 2.20. The van der Waals surface area contributed by atoms with Crippen molar-refractivity contribution in [2.24, 2.45) is 0 Å². The highest BCUT2D eigenvalue weighted by atomic mass is 16.6. The van der Waals surface area contributed by atoms with Gasteiger partial charge in [0, 0.05) is 39.1 Å². The molecular weight excluding hydrogens is 528 g/mol. The van der Waals surface area contributed by atoms with Gasteiger partial charge in [0.2, 0.25) is 11.8 Å². The summed E-state index contributed by atoms with van der Waals surface area (Å²) in [7, 11) is 0. The Morgan fingerprint density at radius 2 is 1.61 bits per heavy atom. The van der Waals surface area contributed by atoms with Gasteiger partial charge in [-0.3, -0.25) is 34.3 Å². The molecule has 1 N–H and O–H groups in total. The van der Waals surface area contributed by atoms with Crippen LogP contribution in [0.3, 0.4) is 0 Å². The van der Waals surface area contributed by atoms with Crippen LogP contribution in [0.5, 0.6) is 5.75 Å². The van der Waals surface area contributed by atoms with Crippen LogP contribution in [0.25, 0.3) is 0 Å². The molecule has 3 heterocycles. The van der Waals surface area contributed by atoms with Crippen LogP contribution in [0.4, 0.5) is 4.79 Å². The molecule has 1 atom stereocenters. The van der Waals surface area contributed by atoms with Crippen LogP contribution in [0.15, 0.2) is 42.5 Å². The van der Waals surface area contributed by atoms with Crippen molar-refractivity contribution in [2.45, 2.75) is 58.4 Å². The first-order valence-corrected chi connectivity index (χ1v) is 13.8. The molecule has 41 heavy (non-hydrogen) atoms. The van der Waals surface area contributed by atoms with Gasteiger partial charge in [0.05, 0.1) is 11.1 Å². The van der Waals surface area contributed by atoms with Crippen molar-refractivity contribution < 1.29 is 33.4 Å². The highest BCUT2D eigenvalue weighted by molar-refractivity contribution is 6.24. The van der Waals surface area contributed by atoms with E-state index in [1.54, 1.807) is 17.0 Å². The van der Waals surface area contributed by atoms with Gasteiger partial charge in [-0.2, -0.15) is 0 Å². The lowest BCUT2D eigenvalue weighted by atomic mass is 10.0. The summed E-state index contributed by atoms with van der Waals surface area (Å²) in [4.78, 5) is 67.4. The molecule has 0 spiro atoms. The molecule has 3 aliphatic rings. The van der Waals surface area contributed by atoms with Crippen molar-refractivity contribution in [1.29, 1.82) is 0 Å². The van der Waals surface area contributed by atoms with Gasteiger partial charge in [0.1, 0.15) is 24.0 Å². The third-order valence-corrected chi connectivity index (χ3v) is 7.28. The number of nitrogens with zero attached hydrogens (tertiary/aromatic N) is 3. The Hall–Kier alpha value is -4.25. The number of fused-ring (bicyclic) bond motifs is 1. The highest BCUT2D eigenvalue weighted by Crippen LogP contribution is 2.34. The minimum atomic E-state index is -1.03. The van der Waals surface area contributed by atoms with Gasteiger partial charge in [-0.25, -0.2) is 4.79 Å². The summed E-state index contributed by atoms with van der Waals surface area (Å²) < 4.78 is 11.4. The van der Waals surface area contributed by atoms with Crippen LogP contribution >= 0.6 is 0 Å². The minimum Gasteiger partial charge on any atom is -0.488 e. The summed E-state index contributed by atoms with van der Waals surface area (Å²) >= 11 is 0. The predicted octanol–water partition coefficient (Wildman–Crippen LogP) is 2.72.